The summed E-state index contributed by atoms with van der Waals surface area (Å²) in [7, 11) is 0. The van der Waals surface area contributed by atoms with Gasteiger partial charge >= 0.3 is 0 Å². The van der Waals surface area contributed by atoms with E-state index in [0.29, 0.717) is 12.1 Å². The Bertz CT molecular complexity index is 429. The lowest BCUT2D eigenvalue weighted by Crippen LogP contribution is -2.08. The number of aryl methyl sites for hydroxylation is 1. The monoisotopic (exact) mass is 190 g/mol. The van der Waals surface area contributed by atoms with Crippen LogP contribution in [0.3, 0.4) is 0 Å². The first-order chi connectivity index (χ1) is 6.77. The number of carbonyl (C=O) groups is 1. The maximum Gasteiger partial charge on any atom is 0.186 e. The quantitative estimate of drug-likeness (QED) is 0.691. The molecule has 0 spiro atoms. The Balaban J connectivity index is 2.14. The smallest absolute Gasteiger partial charge is 0.186 e. The summed E-state index contributed by atoms with van der Waals surface area (Å²) in [6.45, 7) is 2.16. The minimum atomic E-state index is 0.0363. The molecule has 0 atom stereocenters. The second-order valence-electron chi connectivity index (χ2n) is 3.13. The van der Waals surface area contributed by atoms with E-state index in [1.807, 2.05) is 6.92 Å². The van der Waals surface area contributed by atoms with Gasteiger partial charge in [-0.25, -0.2) is 4.98 Å². The zero-order chi connectivity index (χ0) is 9.97. The lowest BCUT2D eigenvalue weighted by molar-refractivity contribution is 0.0971. The maximum atomic E-state index is 11.7. The number of furan rings is 1. The predicted octanol–water partition coefficient (Wildman–Crippen LogP) is 1.67. The Labute approximate surface area is 81.2 Å². The second kappa shape index (κ2) is 3.49. The lowest BCUT2D eigenvalue weighted by atomic mass is 10.1. The molecule has 0 aliphatic carbocycles. The standard InChI is InChI=1S/C10H10N2O2/c1-8-5-14-6-9(8)10(13)4-12-3-2-11-7-12/h2-3,5-7H,4H2,1H3. The Morgan fingerprint density at radius 3 is 3.00 bits per heavy atom. The van der Waals surface area contributed by atoms with Crippen molar-refractivity contribution >= 4 is 5.78 Å². The van der Waals surface area contributed by atoms with Gasteiger partial charge < -0.3 is 8.98 Å². The molecule has 0 radical (unpaired) electrons. The molecule has 0 bridgehead atoms. The first-order valence-corrected chi connectivity index (χ1v) is 4.29. The van der Waals surface area contributed by atoms with E-state index in [1.165, 1.54) is 6.26 Å². The van der Waals surface area contributed by atoms with E-state index in [-0.39, 0.29) is 5.78 Å². The molecule has 0 fully saturated rings. The molecule has 2 rings (SSSR count). The highest BCUT2D eigenvalue weighted by molar-refractivity contribution is 5.96. The van der Waals surface area contributed by atoms with Gasteiger partial charge in [-0.3, -0.25) is 4.79 Å². The Morgan fingerprint density at radius 1 is 1.57 bits per heavy atom. The summed E-state index contributed by atoms with van der Waals surface area (Å²) >= 11 is 0. The average molecular weight is 190 g/mol. The van der Waals surface area contributed by atoms with Crippen molar-refractivity contribution in [3.63, 3.8) is 0 Å². The number of aromatic nitrogens is 2. The van der Waals surface area contributed by atoms with Crippen LogP contribution in [0.15, 0.2) is 35.7 Å². The van der Waals surface area contributed by atoms with Gasteiger partial charge in [0, 0.05) is 12.4 Å². The fraction of sp³-hybridized carbons (Fsp3) is 0.200. The van der Waals surface area contributed by atoms with Gasteiger partial charge in [0.15, 0.2) is 5.78 Å². The molecule has 2 aromatic rings. The summed E-state index contributed by atoms with van der Waals surface area (Å²) in [6, 6.07) is 0. The van der Waals surface area contributed by atoms with Gasteiger partial charge in [0.2, 0.25) is 0 Å². The number of hydrogen-bond acceptors (Lipinski definition) is 3. The van der Waals surface area contributed by atoms with E-state index in [1.54, 1.807) is 29.6 Å². The molecule has 72 valence electrons. The molecule has 0 aliphatic heterocycles. The highest BCUT2D eigenvalue weighted by Gasteiger charge is 2.10. The molecule has 0 saturated carbocycles. The van der Waals surface area contributed by atoms with Crippen LogP contribution in [0.2, 0.25) is 0 Å². The number of hydrogen-bond donors (Lipinski definition) is 0. The predicted molar refractivity (Wildman–Crippen MR) is 50.0 cm³/mol. The summed E-state index contributed by atoms with van der Waals surface area (Å²) in [5.41, 5.74) is 1.51. The van der Waals surface area contributed by atoms with E-state index < -0.39 is 0 Å². The SMILES string of the molecule is Cc1cocc1C(=O)Cn1ccnc1. The van der Waals surface area contributed by atoms with Crippen LogP contribution in [0.5, 0.6) is 0 Å². The van der Waals surface area contributed by atoms with Crippen molar-refractivity contribution in [2.75, 3.05) is 0 Å². The zero-order valence-electron chi connectivity index (χ0n) is 7.80. The van der Waals surface area contributed by atoms with Crippen LogP contribution in [0.4, 0.5) is 0 Å². The van der Waals surface area contributed by atoms with E-state index in [9.17, 15) is 4.79 Å². The van der Waals surface area contributed by atoms with E-state index >= 15 is 0 Å². The van der Waals surface area contributed by atoms with Crippen molar-refractivity contribution in [3.05, 3.63) is 42.4 Å². The maximum absolute atomic E-state index is 11.7. The molecule has 0 unspecified atom stereocenters. The Hall–Kier alpha value is -1.84. The molecule has 4 nitrogen and oxygen atoms in total. The van der Waals surface area contributed by atoms with Crippen molar-refractivity contribution in [1.82, 2.24) is 9.55 Å². The van der Waals surface area contributed by atoms with Gasteiger partial charge in [-0.1, -0.05) is 0 Å². The van der Waals surface area contributed by atoms with Gasteiger partial charge in [0.05, 0.1) is 24.7 Å². The average Bonchev–Trinajstić information content (AvgIpc) is 2.75. The van der Waals surface area contributed by atoms with Gasteiger partial charge in [-0.2, -0.15) is 0 Å². The topological polar surface area (TPSA) is 48.0 Å². The van der Waals surface area contributed by atoms with Gasteiger partial charge in [0.1, 0.15) is 6.26 Å². The number of ketones is 1. The minimum absolute atomic E-state index is 0.0363. The van der Waals surface area contributed by atoms with Crippen molar-refractivity contribution in [2.45, 2.75) is 13.5 Å². The zero-order valence-corrected chi connectivity index (χ0v) is 7.80. The highest BCUT2D eigenvalue weighted by atomic mass is 16.3. The largest absolute Gasteiger partial charge is 0.472 e. The number of Topliss-reactive ketones (excluding diaryl/α,β-unsaturated/α-hetero) is 1. The fourth-order valence-electron chi connectivity index (χ4n) is 1.28. The van der Waals surface area contributed by atoms with Crippen LogP contribution >= 0.6 is 0 Å². The van der Waals surface area contributed by atoms with Crippen LogP contribution in [0, 0.1) is 6.92 Å². The summed E-state index contributed by atoms with van der Waals surface area (Å²) < 4.78 is 6.67. The van der Waals surface area contributed by atoms with Gasteiger partial charge in [-0.05, 0) is 12.5 Å². The number of imidazole rings is 1. The summed E-state index contributed by atoms with van der Waals surface area (Å²) in [5, 5.41) is 0. The second-order valence-corrected chi connectivity index (χ2v) is 3.13. The van der Waals surface area contributed by atoms with Crippen LogP contribution in [-0.4, -0.2) is 15.3 Å². The molecular weight excluding hydrogens is 180 g/mol. The lowest BCUT2D eigenvalue weighted by Gasteiger charge is -1.99. The number of carbonyl (C=O) groups excluding carboxylic acids is 1. The highest BCUT2D eigenvalue weighted by Crippen LogP contribution is 2.10. The van der Waals surface area contributed by atoms with Crippen LogP contribution in [0.1, 0.15) is 15.9 Å². The molecular formula is C10H10N2O2. The Kier molecular flexibility index (Phi) is 2.18. The third kappa shape index (κ3) is 1.59. The van der Waals surface area contributed by atoms with Crippen molar-refractivity contribution in [1.29, 1.82) is 0 Å². The van der Waals surface area contributed by atoms with Crippen LogP contribution in [-0.2, 0) is 6.54 Å². The summed E-state index contributed by atoms with van der Waals surface area (Å²) in [5.74, 6) is 0.0363. The molecule has 4 heteroatoms. The van der Waals surface area contributed by atoms with Gasteiger partial charge in [0.25, 0.3) is 0 Å². The van der Waals surface area contributed by atoms with Crippen molar-refractivity contribution in [3.8, 4) is 0 Å². The summed E-state index contributed by atoms with van der Waals surface area (Å²) in [6.07, 6.45) is 8.08. The molecule has 0 aliphatic rings. The first kappa shape index (κ1) is 8.74. The molecule has 14 heavy (non-hydrogen) atoms. The molecule has 0 aromatic carbocycles. The molecule has 0 amide bonds. The first-order valence-electron chi connectivity index (χ1n) is 4.29. The fourth-order valence-corrected chi connectivity index (χ4v) is 1.28. The molecule has 2 heterocycles. The molecule has 0 N–H and O–H groups in total. The van der Waals surface area contributed by atoms with Crippen LogP contribution < -0.4 is 0 Å². The van der Waals surface area contributed by atoms with E-state index in [4.69, 9.17) is 4.42 Å². The molecule has 0 saturated heterocycles. The molecule has 2 aromatic heterocycles. The Morgan fingerprint density at radius 2 is 2.43 bits per heavy atom. The van der Waals surface area contributed by atoms with E-state index in [2.05, 4.69) is 4.98 Å². The third-order valence-corrected chi connectivity index (χ3v) is 2.04. The number of rotatable bonds is 3. The third-order valence-electron chi connectivity index (χ3n) is 2.04. The number of nitrogens with zero attached hydrogens (tertiary/aromatic N) is 2. The minimum Gasteiger partial charge on any atom is -0.472 e. The van der Waals surface area contributed by atoms with Crippen LogP contribution in [0.25, 0.3) is 0 Å². The van der Waals surface area contributed by atoms with Crippen molar-refractivity contribution < 1.29 is 9.21 Å². The summed E-state index contributed by atoms with van der Waals surface area (Å²) in [4.78, 5) is 15.6. The van der Waals surface area contributed by atoms with Crippen molar-refractivity contribution in [2.24, 2.45) is 0 Å². The van der Waals surface area contributed by atoms with E-state index in [0.717, 1.165) is 5.56 Å². The normalized spacial score (nSPS) is 10.4. The van der Waals surface area contributed by atoms with Gasteiger partial charge in [-0.15, -0.1) is 0 Å².